The van der Waals surface area contributed by atoms with E-state index in [9.17, 15) is 9.59 Å². The monoisotopic (exact) mass is 433 g/mol. The third-order valence-electron chi connectivity index (χ3n) is 4.79. The van der Waals surface area contributed by atoms with Gasteiger partial charge in [-0.2, -0.15) is 5.10 Å². The van der Waals surface area contributed by atoms with Crippen LogP contribution in [-0.4, -0.2) is 37.7 Å². The molecule has 3 rings (SSSR count). The van der Waals surface area contributed by atoms with Crippen molar-refractivity contribution in [3.8, 4) is 5.75 Å². The van der Waals surface area contributed by atoms with E-state index in [-0.39, 0.29) is 11.6 Å². The van der Waals surface area contributed by atoms with Crippen molar-refractivity contribution in [2.24, 2.45) is 5.92 Å². The fourth-order valence-electron chi connectivity index (χ4n) is 3.20. The van der Waals surface area contributed by atoms with Crippen LogP contribution in [0.1, 0.15) is 48.1 Å². The van der Waals surface area contributed by atoms with Gasteiger partial charge >= 0.3 is 5.97 Å². The van der Waals surface area contributed by atoms with Gasteiger partial charge < -0.3 is 9.84 Å². The fraction of sp³-hybridized carbons (Fsp3) is 0.280. The van der Waals surface area contributed by atoms with Crippen LogP contribution in [0, 0.1) is 5.92 Å². The molecule has 0 fully saturated rings. The summed E-state index contributed by atoms with van der Waals surface area (Å²) in [6.07, 6.45) is 5.12. The van der Waals surface area contributed by atoms with Crippen LogP contribution in [0.15, 0.2) is 60.9 Å². The molecule has 0 amide bonds. The van der Waals surface area contributed by atoms with Crippen molar-refractivity contribution in [3.05, 3.63) is 83.4 Å². The molecule has 7 heteroatoms. The van der Waals surface area contributed by atoms with Gasteiger partial charge in [0.15, 0.2) is 11.9 Å². The highest BCUT2D eigenvalue weighted by molar-refractivity contribution is 6.06. The number of aliphatic carboxylic acids is 1. The van der Waals surface area contributed by atoms with Crippen molar-refractivity contribution in [2.75, 3.05) is 0 Å². The second-order valence-electron chi connectivity index (χ2n) is 7.96. The number of rotatable bonds is 10. The highest BCUT2D eigenvalue weighted by Gasteiger charge is 2.16. The SMILES string of the molecule is CC(C)Cc1ccc(C(=O)c2ncnn2C/C=C/c2cccc(O[C@@H](C)C(=O)O)c2)cc1. The van der Waals surface area contributed by atoms with Crippen molar-refractivity contribution in [1.29, 1.82) is 0 Å². The first-order valence-corrected chi connectivity index (χ1v) is 10.5. The molecule has 2 aromatic carbocycles. The average Bonchev–Trinajstić information content (AvgIpc) is 3.22. The molecule has 0 spiro atoms. The summed E-state index contributed by atoms with van der Waals surface area (Å²) in [6, 6.07) is 14.7. The minimum absolute atomic E-state index is 0.176. The van der Waals surface area contributed by atoms with Crippen molar-refractivity contribution >= 4 is 17.8 Å². The van der Waals surface area contributed by atoms with Gasteiger partial charge in [0.05, 0.1) is 6.54 Å². The van der Waals surface area contributed by atoms with E-state index >= 15 is 0 Å². The van der Waals surface area contributed by atoms with Crippen LogP contribution in [0.5, 0.6) is 5.75 Å². The van der Waals surface area contributed by atoms with Crippen LogP contribution in [0.2, 0.25) is 0 Å². The molecule has 1 atom stereocenters. The lowest BCUT2D eigenvalue weighted by atomic mass is 10.0. The van der Waals surface area contributed by atoms with Crippen LogP contribution in [0.25, 0.3) is 6.08 Å². The van der Waals surface area contributed by atoms with Gasteiger partial charge in [-0.15, -0.1) is 0 Å². The predicted octanol–water partition coefficient (Wildman–Crippen LogP) is 4.27. The number of carbonyl (C=O) groups excluding carboxylic acids is 1. The van der Waals surface area contributed by atoms with Gasteiger partial charge in [-0.1, -0.05) is 62.4 Å². The lowest BCUT2D eigenvalue weighted by Gasteiger charge is -2.10. The number of allylic oxidation sites excluding steroid dienone is 1. The largest absolute Gasteiger partial charge is 0.479 e. The molecule has 0 unspecified atom stereocenters. The van der Waals surface area contributed by atoms with E-state index in [1.165, 1.54) is 18.8 Å². The number of carboxylic acid groups (broad SMARTS) is 1. The van der Waals surface area contributed by atoms with E-state index in [4.69, 9.17) is 9.84 Å². The lowest BCUT2D eigenvalue weighted by molar-refractivity contribution is -0.144. The highest BCUT2D eigenvalue weighted by atomic mass is 16.5. The highest BCUT2D eigenvalue weighted by Crippen LogP contribution is 2.17. The van der Waals surface area contributed by atoms with E-state index in [1.807, 2.05) is 42.5 Å². The third-order valence-corrected chi connectivity index (χ3v) is 4.79. The zero-order chi connectivity index (χ0) is 23.1. The summed E-state index contributed by atoms with van der Waals surface area (Å²) in [5.41, 5.74) is 2.62. The van der Waals surface area contributed by atoms with Gasteiger partial charge in [0, 0.05) is 5.56 Å². The summed E-state index contributed by atoms with van der Waals surface area (Å²) in [5.74, 6) is 0.103. The Kier molecular flexibility index (Phi) is 7.54. The Balaban J connectivity index is 1.67. The van der Waals surface area contributed by atoms with E-state index in [0.29, 0.717) is 23.8 Å². The Morgan fingerprint density at radius 1 is 1.12 bits per heavy atom. The standard InChI is InChI=1S/C25H27N3O4/c1-17(2)14-20-9-11-21(12-10-20)23(29)24-26-16-27-28(24)13-5-7-19-6-4-8-22(15-19)32-18(3)25(30)31/h4-12,15-18H,13-14H2,1-3H3,(H,30,31)/b7-5+/t18-/m0/s1. The number of hydrogen-bond acceptors (Lipinski definition) is 5. The molecule has 166 valence electrons. The zero-order valence-corrected chi connectivity index (χ0v) is 18.4. The van der Waals surface area contributed by atoms with Crippen LogP contribution in [0.3, 0.4) is 0 Å². The molecule has 32 heavy (non-hydrogen) atoms. The summed E-state index contributed by atoms with van der Waals surface area (Å²) < 4.78 is 6.94. The molecule has 1 N–H and O–H groups in total. The third kappa shape index (κ3) is 6.14. The molecule has 0 bridgehead atoms. The Labute approximate surface area is 187 Å². The van der Waals surface area contributed by atoms with Gasteiger partial charge in [-0.3, -0.25) is 4.79 Å². The van der Waals surface area contributed by atoms with Crippen molar-refractivity contribution in [2.45, 2.75) is 39.8 Å². The molecule has 0 saturated carbocycles. The fourth-order valence-corrected chi connectivity index (χ4v) is 3.20. The minimum Gasteiger partial charge on any atom is -0.479 e. The zero-order valence-electron chi connectivity index (χ0n) is 18.4. The summed E-state index contributed by atoms with van der Waals surface area (Å²) in [5, 5.41) is 13.1. The number of ketones is 1. The first-order valence-electron chi connectivity index (χ1n) is 10.5. The molecule has 0 saturated heterocycles. The summed E-state index contributed by atoms with van der Waals surface area (Å²) in [4.78, 5) is 28.0. The molecule has 1 heterocycles. The van der Waals surface area contributed by atoms with E-state index in [1.54, 1.807) is 22.9 Å². The number of aromatic nitrogens is 3. The topological polar surface area (TPSA) is 94.3 Å². The quantitative estimate of drug-likeness (QED) is 0.480. The molecule has 0 aliphatic carbocycles. The van der Waals surface area contributed by atoms with Gasteiger partial charge in [0.25, 0.3) is 0 Å². The summed E-state index contributed by atoms with van der Waals surface area (Å²) in [7, 11) is 0. The van der Waals surface area contributed by atoms with Crippen LogP contribution >= 0.6 is 0 Å². The van der Waals surface area contributed by atoms with Gasteiger partial charge in [-0.05, 0) is 42.5 Å². The van der Waals surface area contributed by atoms with Crippen LogP contribution < -0.4 is 4.74 Å². The number of ether oxygens (including phenoxy) is 1. The first kappa shape index (κ1) is 22.9. The maximum atomic E-state index is 12.9. The molecule has 7 nitrogen and oxygen atoms in total. The number of carbonyl (C=O) groups is 2. The average molecular weight is 434 g/mol. The summed E-state index contributed by atoms with van der Waals surface area (Å²) in [6.45, 7) is 6.17. The Morgan fingerprint density at radius 3 is 2.56 bits per heavy atom. The van der Waals surface area contributed by atoms with Gasteiger partial charge in [0.1, 0.15) is 12.1 Å². The predicted molar refractivity (Wildman–Crippen MR) is 122 cm³/mol. The molecule has 0 aliphatic rings. The molecular weight excluding hydrogens is 406 g/mol. The van der Waals surface area contributed by atoms with E-state index in [0.717, 1.165) is 12.0 Å². The number of carboxylic acids is 1. The Hall–Kier alpha value is -3.74. The lowest BCUT2D eigenvalue weighted by Crippen LogP contribution is -2.22. The van der Waals surface area contributed by atoms with E-state index in [2.05, 4.69) is 23.9 Å². The number of nitrogens with zero attached hydrogens (tertiary/aromatic N) is 3. The maximum Gasteiger partial charge on any atom is 0.344 e. The molecular formula is C25H27N3O4. The molecule has 0 radical (unpaired) electrons. The summed E-state index contributed by atoms with van der Waals surface area (Å²) >= 11 is 0. The van der Waals surface area contributed by atoms with Crippen LogP contribution in [-0.2, 0) is 17.8 Å². The van der Waals surface area contributed by atoms with E-state index < -0.39 is 12.1 Å². The smallest absolute Gasteiger partial charge is 0.344 e. The Bertz CT molecular complexity index is 1100. The second kappa shape index (κ2) is 10.5. The first-order chi connectivity index (χ1) is 15.3. The Morgan fingerprint density at radius 2 is 1.88 bits per heavy atom. The van der Waals surface area contributed by atoms with Crippen LogP contribution in [0.4, 0.5) is 0 Å². The minimum atomic E-state index is -1.02. The van der Waals surface area contributed by atoms with Crippen molar-refractivity contribution < 1.29 is 19.4 Å². The molecule has 1 aromatic heterocycles. The molecule has 3 aromatic rings. The number of hydrogen-bond donors (Lipinski definition) is 1. The van der Waals surface area contributed by atoms with Gasteiger partial charge in [0.2, 0.25) is 5.78 Å². The van der Waals surface area contributed by atoms with Crippen molar-refractivity contribution in [3.63, 3.8) is 0 Å². The molecule has 0 aliphatic heterocycles. The normalized spacial score (nSPS) is 12.2. The maximum absolute atomic E-state index is 12.9. The van der Waals surface area contributed by atoms with Gasteiger partial charge in [-0.25, -0.2) is 14.5 Å². The number of benzene rings is 2. The van der Waals surface area contributed by atoms with Crippen molar-refractivity contribution in [1.82, 2.24) is 14.8 Å². The second-order valence-corrected chi connectivity index (χ2v) is 7.96.